The number of hydrogen-bond donors (Lipinski definition) is 1. The second-order valence-corrected chi connectivity index (χ2v) is 7.16. The number of rotatable bonds is 3. The second kappa shape index (κ2) is 4.19. The fourth-order valence-electron chi connectivity index (χ4n) is 1.88. The van der Waals surface area contributed by atoms with Gasteiger partial charge in [0.1, 0.15) is 0 Å². The van der Waals surface area contributed by atoms with Gasteiger partial charge in [-0.25, -0.2) is 13.4 Å². The second-order valence-electron chi connectivity index (χ2n) is 3.96. The van der Waals surface area contributed by atoms with Gasteiger partial charge in [-0.2, -0.15) is 0 Å². The van der Waals surface area contributed by atoms with E-state index in [4.69, 9.17) is 5.73 Å². The molecule has 2 heterocycles. The van der Waals surface area contributed by atoms with Crippen molar-refractivity contribution in [1.82, 2.24) is 4.98 Å². The fourth-order valence-corrected chi connectivity index (χ4v) is 4.47. The first kappa shape index (κ1) is 11.0. The average Bonchev–Trinajstić information content (AvgIpc) is 2.74. The Bertz CT molecular complexity index is 413. The van der Waals surface area contributed by atoms with Gasteiger partial charge in [0, 0.05) is 24.0 Å². The SMILES string of the molecule is NC(Cc1nccs1)C1CCS(=O)(=O)C1. The molecule has 1 aliphatic rings. The summed E-state index contributed by atoms with van der Waals surface area (Å²) in [6.45, 7) is 0. The van der Waals surface area contributed by atoms with Crippen LogP contribution >= 0.6 is 11.3 Å². The van der Waals surface area contributed by atoms with Crippen LogP contribution in [0.2, 0.25) is 0 Å². The Balaban J connectivity index is 1.95. The molecular formula is C9H14N2O2S2. The summed E-state index contributed by atoms with van der Waals surface area (Å²) in [6, 6.07) is -0.0755. The lowest BCUT2D eigenvalue weighted by Crippen LogP contribution is -2.33. The molecule has 2 unspecified atom stereocenters. The lowest BCUT2D eigenvalue weighted by Gasteiger charge is -2.15. The highest BCUT2D eigenvalue weighted by molar-refractivity contribution is 7.91. The molecule has 1 saturated heterocycles. The van der Waals surface area contributed by atoms with Crippen molar-refractivity contribution in [3.05, 3.63) is 16.6 Å². The van der Waals surface area contributed by atoms with Crippen molar-refractivity contribution in [2.45, 2.75) is 18.9 Å². The van der Waals surface area contributed by atoms with Gasteiger partial charge in [-0.15, -0.1) is 11.3 Å². The maximum atomic E-state index is 11.3. The van der Waals surface area contributed by atoms with E-state index in [1.807, 2.05) is 5.38 Å². The van der Waals surface area contributed by atoms with Gasteiger partial charge in [0.25, 0.3) is 0 Å². The summed E-state index contributed by atoms with van der Waals surface area (Å²) < 4.78 is 22.6. The molecule has 4 nitrogen and oxygen atoms in total. The Morgan fingerprint density at radius 3 is 3.00 bits per heavy atom. The Morgan fingerprint density at radius 1 is 1.67 bits per heavy atom. The van der Waals surface area contributed by atoms with E-state index in [1.165, 1.54) is 0 Å². The van der Waals surface area contributed by atoms with Crippen LogP contribution in [-0.2, 0) is 16.3 Å². The molecule has 2 N–H and O–H groups in total. The van der Waals surface area contributed by atoms with Crippen molar-refractivity contribution < 1.29 is 8.42 Å². The molecule has 84 valence electrons. The highest BCUT2D eigenvalue weighted by Crippen LogP contribution is 2.23. The van der Waals surface area contributed by atoms with Crippen LogP contribution in [0.15, 0.2) is 11.6 Å². The highest BCUT2D eigenvalue weighted by atomic mass is 32.2. The smallest absolute Gasteiger partial charge is 0.150 e. The maximum Gasteiger partial charge on any atom is 0.150 e. The van der Waals surface area contributed by atoms with Crippen molar-refractivity contribution in [2.24, 2.45) is 11.7 Å². The van der Waals surface area contributed by atoms with Crippen molar-refractivity contribution in [3.63, 3.8) is 0 Å². The minimum Gasteiger partial charge on any atom is -0.327 e. The molecule has 0 bridgehead atoms. The summed E-state index contributed by atoms with van der Waals surface area (Å²) in [5, 5.41) is 2.90. The first-order chi connectivity index (χ1) is 7.07. The maximum absolute atomic E-state index is 11.3. The minimum absolute atomic E-state index is 0.0755. The van der Waals surface area contributed by atoms with Crippen molar-refractivity contribution >= 4 is 21.2 Å². The standard InChI is InChI=1S/C9H14N2O2S2/c10-8(5-9-11-2-3-14-9)7-1-4-15(12,13)6-7/h2-3,7-8H,1,4-6,10H2. The van der Waals surface area contributed by atoms with E-state index in [2.05, 4.69) is 4.98 Å². The van der Waals surface area contributed by atoms with E-state index in [-0.39, 0.29) is 17.7 Å². The van der Waals surface area contributed by atoms with E-state index >= 15 is 0 Å². The summed E-state index contributed by atoms with van der Waals surface area (Å²) in [5.74, 6) is 0.655. The summed E-state index contributed by atoms with van der Waals surface area (Å²) in [5.41, 5.74) is 5.99. The van der Waals surface area contributed by atoms with Crippen LogP contribution in [0.25, 0.3) is 0 Å². The Labute approximate surface area is 93.4 Å². The van der Waals surface area contributed by atoms with Gasteiger partial charge < -0.3 is 5.73 Å². The van der Waals surface area contributed by atoms with Crippen molar-refractivity contribution in [1.29, 1.82) is 0 Å². The largest absolute Gasteiger partial charge is 0.327 e. The molecule has 1 aliphatic heterocycles. The first-order valence-electron chi connectivity index (χ1n) is 4.91. The van der Waals surface area contributed by atoms with Gasteiger partial charge in [-0.3, -0.25) is 0 Å². The minimum atomic E-state index is -2.82. The summed E-state index contributed by atoms with van der Waals surface area (Å²) in [7, 11) is -2.82. The van der Waals surface area contributed by atoms with Gasteiger partial charge in [-0.1, -0.05) is 0 Å². The van der Waals surface area contributed by atoms with Crippen LogP contribution < -0.4 is 5.73 Å². The summed E-state index contributed by atoms with van der Waals surface area (Å²) in [4.78, 5) is 4.15. The number of hydrogen-bond acceptors (Lipinski definition) is 5. The topological polar surface area (TPSA) is 73.0 Å². The number of sulfone groups is 1. The van der Waals surface area contributed by atoms with Crippen LogP contribution in [0.5, 0.6) is 0 Å². The van der Waals surface area contributed by atoms with E-state index in [9.17, 15) is 8.42 Å². The number of aromatic nitrogens is 1. The fraction of sp³-hybridized carbons (Fsp3) is 0.667. The molecule has 6 heteroatoms. The molecular weight excluding hydrogens is 232 g/mol. The summed E-state index contributed by atoms with van der Waals surface area (Å²) >= 11 is 1.57. The molecule has 2 atom stereocenters. The predicted molar refractivity (Wildman–Crippen MR) is 60.6 cm³/mol. The average molecular weight is 246 g/mol. The molecule has 1 fully saturated rings. The van der Waals surface area contributed by atoms with Crippen molar-refractivity contribution in [2.75, 3.05) is 11.5 Å². The lowest BCUT2D eigenvalue weighted by atomic mass is 9.98. The van der Waals surface area contributed by atoms with Gasteiger partial charge in [0.2, 0.25) is 0 Å². The number of nitrogens with zero attached hydrogens (tertiary/aromatic N) is 1. The predicted octanol–water partition coefficient (Wildman–Crippen LogP) is 0.448. The van der Waals surface area contributed by atoms with Gasteiger partial charge >= 0.3 is 0 Å². The third-order valence-electron chi connectivity index (χ3n) is 2.77. The Kier molecular flexibility index (Phi) is 3.08. The van der Waals surface area contributed by atoms with Crippen molar-refractivity contribution in [3.8, 4) is 0 Å². The highest BCUT2D eigenvalue weighted by Gasteiger charge is 2.32. The lowest BCUT2D eigenvalue weighted by molar-refractivity contribution is 0.460. The quantitative estimate of drug-likeness (QED) is 0.840. The molecule has 1 aromatic heterocycles. The number of nitrogens with two attached hydrogens (primary N) is 1. The molecule has 0 radical (unpaired) electrons. The molecule has 0 amide bonds. The zero-order chi connectivity index (χ0) is 10.9. The van der Waals surface area contributed by atoms with E-state index in [0.29, 0.717) is 18.6 Å². The van der Waals surface area contributed by atoms with E-state index < -0.39 is 9.84 Å². The molecule has 0 saturated carbocycles. The van der Waals surface area contributed by atoms with Crippen LogP contribution in [0.4, 0.5) is 0 Å². The van der Waals surface area contributed by atoms with Crippen LogP contribution in [-0.4, -0.2) is 30.9 Å². The normalized spacial score (nSPS) is 26.6. The zero-order valence-electron chi connectivity index (χ0n) is 8.30. The molecule has 2 rings (SSSR count). The molecule has 15 heavy (non-hydrogen) atoms. The van der Waals surface area contributed by atoms with E-state index in [1.54, 1.807) is 17.5 Å². The first-order valence-corrected chi connectivity index (χ1v) is 7.61. The molecule has 0 spiro atoms. The van der Waals surface area contributed by atoms with Crippen LogP contribution in [0.1, 0.15) is 11.4 Å². The number of thiazole rings is 1. The zero-order valence-corrected chi connectivity index (χ0v) is 9.93. The third-order valence-corrected chi connectivity index (χ3v) is 5.36. The van der Waals surface area contributed by atoms with Gasteiger partial charge in [0.15, 0.2) is 9.84 Å². The third kappa shape index (κ3) is 2.76. The molecule has 0 aromatic carbocycles. The van der Waals surface area contributed by atoms with Gasteiger partial charge in [-0.05, 0) is 12.3 Å². The Morgan fingerprint density at radius 2 is 2.47 bits per heavy atom. The molecule has 1 aromatic rings. The van der Waals surface area contributed by atoms with Crippen LogP contribution in [0.3, 0.4) is 0 Å². The van der Waals surface area contributed by atoms with Gasteiger partial charge in [0.05, 0.1) is 16.5 Å². The molecule has 0 aliphatic carbocycles. The Hall–Kier alpha value is -0.460. The van der Waals surface area contributed by atoms with E-state index in [0.717, 1.165) is 5.01 Å². The van der Waals surface area contributed by atoms with Crippen LogP contribution in [0, 0.1) is 5.92 Å². The monoisotopic (exact) mass is 246 g/mol. The summed E-state index contributed by atoms with van der Waals surface area (Å²) in [6.07, 6.45) is 3.14.